The predicted molar refractivity (Wildman–Crippen MR) is 91.7 cm³/mol. The van der Waals surface area contributed by atoms with Crippen molar-refractivity contribution < 1.29 is 4.79 Å². The molecule has 1 heterocycles. The van der Waals surface area contributed by atoms with Gasteiger partial charge in [-0.3, -0.25) is 4.79 Å². The summed E-state index contributed by atoms with van der Waals surface area (Å²) >= 11 is 6.10. The molecule has 0 spiro atoms. The molecule has 1 aromatic heterocycles. The molecular formula is C16H14N2OS2. The minimum absolute atomic E-state index is 0.0924. The second-order valence-electron chi connectivity index (χ2n) is 4.29. The Bertz CT molecular complexity index is 715. The normalized spacial score (nSPS) is 11.3. The van der Waals surface area contributed by atoms with Gasteiger partial charge in [-0.15, -0.1) is 11.3 Å². The van der Waals surface area contributed by atoms with Crippen LogP contribution in [-0.2, 0) is 0 Å². The van der Waals surface area contributed by atoms with Crippen molar-refractivity contribution in [1.82, 2.24) is 4.98 Å². The first-order valence-corrected chi connectivity index (χ1v) is 7.52. The zero-order chi connectivity index (χ0) is 15.2. The molecule has 0 saturated heterocycles. The molecule has 0 fully saturated rings. The number of thiazole rings is 1. The van der Waals surface area contributed by atoms with Crippen LogP contribution in [0.25, 0.3) is 6.08 Å². The number of allylic oxidation sites excluding steroid dienone is 3. The van der Waals surface area contributed by atoms with Gasteiger partial charge in [0.2, 0.25) is 0 Å². The van der Waals surface area contributed by atoms with Crippen LogP contribution in [0, 0.1) is 6.92 Å². The van der Waals surface area contributed by atoms with Crippen molar-refractivity contribution in [1.29, 1.82) is 0 Å². The molecule has 0 saturated carbocycles. The monoisotopic (exact) mass is 314 g/mol. The summed E-state index contributed by atoms with van der Waals surface area (Å²) in [4.78, 5) is 17.1. The zero-order valence-corrected chi connectivity index (χ0v) is 13.1. The standard InChI is InChI=1S/C16H14N2OS2/c1-11-14(21-16(18-11)15(17)20)13(19)10-6-5-9-12-7-3-2-4-8-12/h2-10H,1H3,(H2,17,20). The summed E-state index contributed by atoms with van der Waals surface area (Å²) in [5, 5.41) is 0.527. The second-order valence-corrected chi connectivity index (χ2v) is 5.73. The van der Waals surface area contributed by atoms with Gasteiger partial charge in [-0.25, -0.2) is 4.98 Å². The van der Waals surface area contributed by atoms with E-state index in [4.69, 9.17) is 18.0 Å². The molecule has 0 bridgehead atoms. The number of aromatic nitrogens is 1. The van der Waals surface area contributed by atoms with Gasteiger partial charge in [0.25, 0.3) is 0 Å². The number of aryl methyl sites for hydroxylation is 1. The smallest absolute Gasteiger partial charge is 0.197 e. The van der Waals surface area contributed by atoms with Crippen LogP contribution in [0.2, 0.25) is 0 Å². The van der Waals surface area contributed by atoms with Crippen molar-refractivity contribution in [3.63, 3.8) is 0 Å². The molecule has 2 rings (SSSR count). The third-order valence-electron chi connectivity index (χ3n) is 2.68. The highest BCUT2D eigenvalue weighted by Gasteiger charge is 2.13. The third-order valence-corrected chi connectivity index (χ3v) is 4.21. The molecule has 21 heavy (non-hydrogen) atoms. The van der Waals surface area contributed by atoms with Gasteiger partial charge >= 0.3 is 0 Å². The van der Waals surface area contributed by atoms with Gasteiger partial charge in [-0.1, -0.05) is 60.8 Å². The topological polar surface area (TPSA) is 56.0 Å². The fourth-order valence-corrected chi connectivity index (χ4v) is 2.69. The fraction of sp³-hybridized carbons (Fsp3) is 0.0625. The molecule has 3 nitrogen and oxygen atoms in total. The number of rotatable bonds is 5. The van der Waals surface area contributed by atoms with Gasteiger partial charge in [0, 0.05) is 0 Å². The molecule has 0 amide bonds. The van der Waals surface area contributed by atoms with Crippen molar-refractivity contribution >= 4 is 40.4 Å². The highest BCUT2D eigenvalue weighted by molar-refractivity contribution is 7.81. The van der Waals surface area contributed by atoms with Crippen molar-refractivity contribution in [3.8, 4) is 0 Å². The molecule has 0 atom stereocenters. The maximum atomic E-state index is 12.1. The van der Waals surface area contributed by atoms with Crippen LogP contribution in [0.1, 0.15) is 25.9 Å². The molecule has 0 aliphatic heterocycles. The Labute approximate surface area is 132 Å². The van der Waals surface area contributed by atoms with E-state index in [1.54, 1.807) is 13.0 Å². The van der Waals surface area contributed by atoms with Crippen LogP contribution in [-0.4, -0.2) is 15.8 Å². The fourth-order valence-electron chi connectivity index (χ4n) is 1.68. The van der Waals surface area contributed by atoms with Crippen LogP contribution in [0.3, 0.4) is 0 Å². The molecule has 1 aromatic carbocycles. The Morgan fingerprint density at radius 1 is 1.29 bits per heavy atom. The minimum atomic E-state index is -0.0924. The summed E-state index contributed by atoms with van der Waals surface area (Å²) in [6, 6.07) is 9.88. The molecule has 5 heteroatoms. The van der Waals surface area contributed by atoms with Gasteiger partial charge in [-0.05, 0) is 18.6 Å². The lowest BCUT2D eigenvalue weighted by Crippen LogP contribution is -2.08. The molecule has 0 radical (unpaired) electrons. The van der Waals surface area contributed by atoms with Crippen LogP contribution < -0.4 is 5.73 Å². The number of carbonyl (C=O) groups is 1. The molecule has 2 N–H and O–H groups in total. The van der Waals surface area contributed by atoms with E-state index >= 15 is 0 Å². The maximum absolute atomic E-state index is 12.1. The molecule has 0 unspecified atom stereocenters. The largest absolute Gasteiger partial charge is 0.387 e. The van der Waals surface area contributed by atoms with E-state index in [1.165, 1.54) is 17.4 Å². The lowest BCUT2D eigenvalue weighted by Gasteiger charge is -1.90. The number of thiocarbonyl (C=S) groups is 1. The van der Waals surface area contributed by atoms with E-state index in [0.717, 1.165) is 5.56 Å². The number of hydrogen-bond acceptors (Lipinski definition) is 4. The van der Waals surface area contributed by atoms with Crippen molar-refractivity contribution in [2.24, 2.45) is 5.73 Å². The van der Waals surface area contributed by atoms with E-state index in [9.17, 15) is 4.79 Å². The number of nitrogens with zero attached hydrogens (tertiary/aromatic N) is 1. The van der Waals surface area contributed by atoms with Crippen LogP contribution in [0.5, 0.6) is 0 Å². The van der Waals surface area contributed by atoms with Gasteiger partial charge in [0.1, 0.15) is 4.99 Å². The van der Waals surface area contributed by atoms with E-state index < -0.39 is 0 Å². The zero-order valence-electron chi connectivity index (χ0n) is 11.4. The number of nitrogens with two attached hydrogens (primary N) is 1. The quantitative estimate of drug-likeness (QED) is 0.397. The number of benzene rings is 1. The summed E-state index contributed by atoms with van der Waals surface area (Å²) < 4.78 is 0. The molecule has 0 aliphatic carbocycles. The summed E-state index contributed by atoms with van der Waals surface area (Å²) in [7, 11) is 0. The molecule has 0 aliphatic rings. The lowest BCUT2D eigenvalue weighted by atomic mass is 10.2. The van der Waals surface area contributed by atoms with Crippen molar-refractivity contribution in [2.45, 2.75) is 6.92 Å². The average molecular weight is 314 g/mol. The minimum Gasteiger partial charge on any atom is -0.387 e. The van der Waals surface area contributed by atoms with Crippen molar-refractivity contribution in [2.75, 3.05) is 0 Å². The first-order chi connectivity index (χ1) is 10.1. The highest BCUT2D eigenvalue weighted by atomic mass is 32.1. The van der Waals surface area contributed by atoms with Gasteiger partial charge < -0.3 is 5.73 Å². The average Bonchev–Trinajstić information content (AvgIpc) is 2.87. The highest BCUT2D eigenvalue weighted by Crippen LogP contribution is 2.19. The Hall–Kier alpha value is -2.11. The summed E-state index contributed by atoms with van der Waals surface area (Å²) in [5.41, 5.74) is 7.26. The number of ketones is 1. The Balaban J connectivity index is 2.06. The number of carbonyl (C=O) groups excluding carboxylic acids is 1. The predicted octanol–water partition coefficient (Wildman–Crippen LogP) is 3.54. The van der Waals surface area contributed by atoms with Gasteiger partial charge in [0.05, 0.1) is 10.6 Å². The van der Waals surface area contributed by atoms with Crippen LogP contribution in [0.4, 0.5) is 0 Å². The molecule has 106 valence electrons. The summed E-state index contributed by atoms with van der Waals surface area (Å²) in [5.74, 6) is -0.0924. The first kappa shape index (κ1) is 15.3. The van der Waals surface area contributed by atoms with Crippen molar-refractivity contribution in [3.05, 3.63) is 69.7 Å². The van der Waals surface area contributed by atoms with E-state index in [-0.39, 0.29) is 10.8 Å². The van der Waals surface area contributed by atoms with Crippen LogP contribution in [0.15, 0.2) is 48.6 Å². The van der Waals surface area contributed by atoms with E-state index in [2.05, 4.69) is 4.98 Å². The number of hydrogen-bond donors (Lipinski definition) is 1. The molecule has 2 aromatic rings. The third kappa shape index (κ3) is 4.18. The van der Waals surface area contributed by atoms with E-state index in [0.29, 0.717) is 15.6 Å². The van der Waals surface area contributed by atoms with E-state index in [1.807, 2.05) is 42.5 Å². The first-order valence-electron chi connectivity index (χ1n) is 6.29. The Kier molecular flexibility index (Phi) is 5.14. The maximum Gasteiger partial charge on any atom is 0.197 e. The molecular weight excluding hydrogens is 300 g/mol. The SMILES string of the molecule is Cc1nc(C(N)=S)sc1C(=O)C=CC=Cc1ccccc1. The van der Waals surface area contributed by atoms with Gasteiger partial charge in [0.15, 0.2) is 10.8 Å². The lowest BCUT2D eigenvalue weighted by molar-refractivity contribution is 0.105. The Morgan fingerprint density at radius 3 is 2.62 bits per heavy atom. The summed E-state index contributed by atoms with van der Waals surface area (Å²) in [6.45, 7) is 1.78. The Morgan fingerprint density at radius 2 is 2.00 bits per heavy atom. The summed E-state index contributed by atoms with van der Waals surface area (Å²) in [6.07, 6.45) is 7.00. The van der Waals surface area contributed by atoms with Gasteiger partial charge in [-0.2, -0.15) is 0 Å². The van der Waals surface area contributed by atoms with Crippen LogP contribution >= 0.6 is 23.6 Å². The second kappa shape index (κ2) is 7.06.